The second kappa shape index (κ2) is 9.66. The van der Waals surface area contributed by atoms with E-state index in [0.717, 1.165) is 16.2 Å². The van der Waals surface area contributed by atoms with Crippen LogP contribution in [0.4, 0.5) is 5.69 Å². The maximum atomic E-state index is 12.2. The van der Waals surface area contributed by atoms with Crippen molar-refractivity contribution in [1.82, 2.24) is 10.2 Å². The van der Waals surface area contributed by atoms with Crippen LogP contribution in [0.1, 0.15) is 0 Å². The Hall–Kier alpha value is -2.72. The van der Waals surface area contributed by atoms with Gasteiger partial charge in [-0.2, -0.15) is 0 Å². The Bertz CT molecular complexity index is 986. The molecule has 0 atom stereocenters. The highest BCUT2D eigenvalue weighted by Gasteiger charge is 2.18. The summed E-state index contributed by atoms with van der Waals surface area (Å²) in [6.07, 6.45) is 0. The highest BCUT2D eigenvalue weighted by atomic mass is 79.9. The summed E-state index contributed by atoms with van der Waals surface area (Å²) < 4.78 is 22.5. The zero-order chi connectivity index (χ0) is 20.8. The predicted octanol–water partition coefficient (Wildman–Crippen LogP) is 4.26. The lowest BCUT2D eigenvalue weighted by Gasteiger charge is -2.12. The van der Waals surface area contributed by atoms with Gasteiger partial charge in [0.15, 0.2) is 11.5 Å². The second-order valence-corrected chi connectivity index (χ2v) is 7.38. The molecule has 3 rings (SSSR count). The summed E-state index contributed by atoms with van der Waals surface area (Å²) in [5, 5.41) is 11.1. The van der Waals surface area contributed by atoms with Gasteiger partial charge in [-0.25, -0.2) is 0 Å². The summed E-state index contributed by atoms with van der Waals surface area (Å²) in [6.45, 7) is 0. The van der Waals surface area contributed by atoms with Gasteiger partial charge in [-0.15, -0.1) is 10.2 Å². The third kappa shape index (κ3) is 5.01. The van der Waals surface area contributed by atoms with E-state index in [1.54, 1.807) is 12.1 Å². The van der Waals surface area contributed by atoms with E-state index < -0.39 is 0 Å². The van der Waals surface area contributed by atoms with Gasteiger partial charge in [0, 0.05) is 10.0 Å². The Morgan fingerprint density at radius 2 is 1.79 bits per heavy atom. The number of nitrogens with zero attached hydrogens (tertiary/aromatic N) is 2. The average molecular weight is 480 g/mol. The number of rotatable bonds is 8. The zero-order valence-corrected chi connectivity index (χ0v) is 18.3. The first-order valence-corrected chi connectivity index (χ1v) is 10.1. The SMILES string of the molecule is COc1cc(-c2nnc(SCC(=O)Nc3ccccc3Br)o2)cc(OC)c1OC. The summed E-state index contributed by atoms with van der Waals surface area (Å²) >= 11 is 4.53. The van der Waals surface area contributed by atoms with E-state index in [9.17, 15) is 4.79 Å². The molecule has 8 nitrogen and oxygen atoms in total. The van der Waals surface area contributed by atoms with E-state index in [4.69, 9.17) is 18.6 Å². The first-order chi connectivity index (χ1) is 14.0. The van der Waals surface area contributed by atoms with Gasteiger partial charge in [0.05, 0.1) is 32.8 Å². The number of ether oxygens (including phenoxy) is 3. The van der Waals surface area contributed by atoms with Gasteiger partial charge in [-0.1, -0.05) is 23.9 Å². The Morgan fingerprint density at radius 1 is 1.10 bits per heavy atom. The van der Waals surface area contributed by atoms with Crippen LogP contribution in [0.5, 0.6) is 17.2 Å². The first kappa shape index (κ1) is 21.0. The fourth-order valence-electron chi connectivity index (χ4n) is 2.47. The summed E-state index contributed by atoms with van der Waals surface area (Å²) in [5.41, 5.74) is 1.30. The van der Waals surface area contributed by atoms with Crippen LogP contribution in [0.15, 0.2) is 50.5 Å². The largest absolute Gasteiger partial charge is 0.493 e. The topological polar surface area (TPSA) is 95.7 Å². The number of anilines is 1. The minimum Gasteiger partial charge on any atom is -0.493 e. The Morgan fingerprint density at radius 3 is 2.41 bits per heavy atom. The Balaban J connectivity index is 1.69. The lowest BCUT2D eigenvalue weighted by atomic mass is 10.2. The molecule has 10 heteroatoms. The molecule has 152 valence electrons. The number of amides is 1. The van der Waals surface area contributed by atoms with Crippen LogP contribution in [0, 0.1) is 0 Å². The summed E-state index contributed by atoms with van der Waals surface area (Å²) in [4.78, 5) is 12.2. The van der Waals surface area contributed by atoms with E-state index in [-0.39, 0.29) is 22.8 Å². The van der Waals surface area contributed by atoms with E-state index in [0.29, 0.717) is 28.5 Å². The van der Waals surface area contributed by atoms with Crippen molar-refractivity contribution in [3.8, 4) is 28.7 Å². The summed E-state index contributed by atoms with van der Waals surface area (Å²) in [6, 6.07) is 10.8. The smallest absolute Gasteiger partial charge is 0.277 e. The van der Waals surface area contributed by atoms with Crippen molar-refractivity contribution >= 4 is 39.3 Å². The zero-order valence-electron chi connectivity index (χ0n) is 15.9. The van der Waals surface area contributed by atoms with Crippen LogP contribution in [0.2, 0.25) is 0 Å². The Labute approximate surface area is 180 Å². The van der Waals surface area contributed by atoms with Crippen molar-refractivity contribution in [3.05, 3.63) is 40.9 Å². The van der Waals surface area contributed by atoms with Crippen LogP contribution < -0.4 is 19.5 Å². The number of aromatic nitrogens is 2. The number of halogens is 1. The molecule has 29 heavy (non-hydrogen) atoms. The number of carbonyl (C=O) groups excluding carboxylic acids is 1. The highest BCUT2D eigenvalue weighted by Crippen LogP contribution is 2.41. The predicted molar refractivity (Wildman–Crippen MR) is 113 cm³/mol. The second-order valence-electron chi connectivity index (χ2n) is 5.60. The number of hydrogen-bond acceptors (Lipinski definition) is 8. The molecule has 0 aliphatic heterocycles. The Kier molecular flexibility index (Phi) is 6.99. The first-order valence-electron chi connectivity index (χ1n) is 8.36. The van der Waals surface area contributed by atoms with Gasteiger partial charge in [0.2, 0.25) is 17.5 Å². The van der Waals surface area contributed by atoms with Crippen LogP contribution in [0.3, 0.4) is 0 Å². The van der Waals surface area contributed by atoms with Crippen molar-refractivity contribution in [3.63, 3.8) is 0 Å². The van der Waals surface area contributed by atoms with Crippen molar-refractivity contribution in [2.45, 2.75) is 5.22 Å². The maximum Gasteiger partial charge on any atom is 0.277 e. The molecule has 0 aliphatic carbocycles. The molecule has 0 saturated heterocycles. The molecular formula is C19H18BrN3O5S. The molecule has 1 aromatic heterocycles. The van der Waals surface area contributed by atoms with Crippen LogP contribution >= 0.6 is 27.7 Å². The minimum absolute atomic E-state index is 0.123. The van der Waals surface area contributed by atoms with E-state index in [2.05, 4.69) is 31.4 Å². The van der Waals surface area contributed by atoms with Gasteiger partial charge < -0.3 is 23.9 Å². The van der Waals surface area contributed by atoms with Crippen molar-refractivity contribution in [2.75, 3.05) is 32.4 Å². The molecule has 0 saturated carbocycles. The fraction of sp³-hybridized carbons (Fsp3) is 0.211. The molecule has 0 unspecified atom stereocenters. The van der Waals surface area contributed by atoms with Crippen molar-refractivity contribution in [2.24, 2.45) is 0 Å². The lowest BCUT2D eigenvalue weighted by molar-refractivity contribution is -0.113. The number of hydrogen-bond donors (Lipinski definition) is 1. The minimum atomic E-state index is -0.186. The van der Waals surface area contributed by atoms with Gasteiger partial charge in [-0.05, 0) is 40.2 Å². The highest BCUT2D eigenvalue weighted by molar-refractivity contribution is 9.10. The normalized spacial score (nSPS) is 10.5. The number of carbonyl (C=O) groups is 1. The monoisotopic (exact) mass is 479 g/mol. The number of benzene rings is 2. The molecule has 0 spiro atoms. The number of methoxy groups -OCH3 is 3. The third-order valence-corrected chi connectivity index (χ3v) is 5.30. The van der Waals surface area contributed by atoms with E-state index in [1.165, 1.54) is 21.3 Å². The molecule has 0 fully saturated rings. The molecule has 1 heterocycles. The van der Waals surface area contributed by atoms with Gasteiger partial charge in [0.25, 0.3) is 5.22 Å². The number of nitrogens with one attached hydrogen (secondary N) is 1. The average Bonchev–Trinajstić information content (AvgIpc) is 3.22. The third-order valence-electron chi connectivity index (χ3n) is 3.79. The maximum absolute atomic E-state index is 12.2. The van der Waals surface area contributed by atoms with Crippen LogP contribution in [-0.2, 0) is 4.79 Å². The van der Waals surface area contributed by atoms with E-state index in [1.807, 2.05) is 24.3 Å². The molecule has 0 aliphatic rings. The summed E-state index contributed by atoms with van der Waals surface area (Å²) in [7, 11) is 4.58. The number of para-hydroxylation sites is 1. The van der Waals surface area contributed by atoms with Crippen LogP contribution in [-0.4, -0.2) is 43.2 Å². The standard InChI is InChI=1S/C19H18BrN3O5S/c1-25-14-8-11(9-15(26-2)17(14)27-3)18-22-23-19(28-18)29-10-16(24)21-13-7-5-4-6-12(13)20/h4-9H,10H2,1-3H3,(H,21,24). The van der Waals surface area contributed by atoms with Crippen molar-refractivity contribution < 1.29 is 23.4 Å². The molecule has 0 radical (unpaired) electrons. The summed E-state index contributed by atoms with van der Waals surface area (Å²) in [5.74, 6) is 1.63. The molecule has 1 N–H and O–H groups in total. The molecule has 3 aromatic rings. The van der Waals surface area contributed by atoms with Crippen LogP contribution in [0.25, 0.3) is 11.5 Å². The van der Waals surface area contributed by atoms with Gasteiger partial charge in [-0.3, -0.25) is 4.79 Å². The number of thioether (sulfide) groups is 1. The fourth-order valence-corrected chi connectivity index (χ4v) is 3.41. The molecule has 2 aromatic carbocycles. The molecular weight excluding hydrogens is 462 g/mol. The van der Waals surface area contributed by atoms with Crippen molar-refractivity contribution in [1.29, 1.82) is 0 Å². The van der Waals surface area contributed by atoms with E-state index >= 15 is 0 Å². The lowest BCUT2D eigenvalue weighted by Crippen LogP contribution is -2.14. The molecule has 1 amide bonds. The quantitative estimate of drug-likeness (QED) is 0.478. The van der Waals surface area contributed by atoms with Gasteiger partial charge in [0.1, 0.15) is 0 Å². The molecule has 0 bridgehead atoms. The van der Waals surface area contributed by atoms with Gasteiger partial charge >= 0.3 is 0 Å².